The number of carboxylic acid groups (broad SMARTS) is 1. The van der Waals surface area contributed by atoms with E-state index in [1.54, 1.807) is 0 Å². The summed E-state index contributed by atoms with van der Waals surface area (Å²) in [4.78, 5) is 39.4. The van der Waals surface area contributed by atoms with Crippen LogP contribution >= 0.6 is 23.5 Å². The van der Waals surface area contributed by atoms with Crippen LogP contribution in [0.15, 0.2) is 70.8 Å². The predicted octanol–water partition coefficient (Wildman–Crippen LogP) is 2.17. The molecule has 0 bridgehead atoms. The van der Waals surface area contributed by atoms with Crippen LogP contribution in [0.1, 0.15) is 6.92 Å². The molecule has 2 aliphatic rings. The number of sulfonamides is 1. The standard InChI is InChI=1S/C24H25N3O6S3/c1-2-36(32,33)25-11-5-8-17-13-35-23-20(22(29)27(23)21(17)24(30)31)26-19(28)14-34-18-10-9-15-6-3-4-7-16(15)12-18/h3-10,12,20,23,25H,2,11,13-14H2,1H3,(H,26,28)(H,30,31)/b8-5+/t20-,23-/m1/s1. The van der Waals surface area contributed by atoms with Gasteiger partial charge in [-0.1, -0.05) is 42.5 Å². The van der Waals surface area contributed by atoms with Gasteiger partial charge < -0.3 is 10.4 Å². The number of amides is 2. The van der Waals surface area contributed by atoms with Gasteiger partial charge in [0.1, 0.15) is 17.1 Å². The summed E-state index contributed by atoms with van der Waals surface area (Å²) < 4.78 is 25.4. The first-order valence-electron chi connectivity index (χ1n) is 11.2. The number of thioether (sulfide) groups is 2. The summed E-state index contributed by atoms with van der Waals surface area (Å²) in [5.41, 5.74) is 0.263. The Balaban J connectivity index is 1.36. The molecule has 2 atom stereocenters. The van der Waals surface area contributed by atoms with Gasteiger partial charge in [0.15, 0.2) is 0 Å². The highest BCUT2D eigenvalue weighted by atomic mass is 32.2. The molecular weight excluding hydrogens is 522 g/mol. The molecule has 2 aromatic rings. The fraction of sp³-hybridized carbons (Fsp3) is 0.292. The maximum absolute atomic E-state index is 12.8. The van der Waals surface area contributed by atoms with Gasteiger partial charge in [-0.05, 0) is 35.4 Å². The number of aliphatic carboxylic acids is 1. The van der Waals surface area contributed by atoms with Gasteiger partial charge >= 0.3 is 5.97 Å². The average Bonchev–Trinajstić information content (AvgIpc) is 2.87. The molecule has 9 nitrogen and oxygen atoms in total. The third-order valence-corrected chi connectivity index (χ3v) is 9.39. The minimum absolute atomic E-state index is 0.0160. The maximum Gasteiger partial charge on any atom is 0.352 e. The molecule has 2 heterocycles. The first-order valence-corrected chi connectivity index (χ1v) is 14.8. The lowest BCUT2D eigenvalue weighted by molar-refractivity contribution is -0.150. The number of carbonyl (C=O) groups is 3. The van der Waals surface area contributed by atoms with Gasteiger partial charge in [-0.25, -0.2) is 17.9 Å². The van der Waals surface area contributed by atoms with Crippen molar-refractivity contribution in [3.05, 3.63) is 65.9 Å². The predicted molar refractivity (Wildman–Crippen MR) is 141 cm³/mol. The first-order chi connectivity index (χ1) is 17.2. The van der Waals surface area contributed by atoms with Gasteiger partial charge in [-0.2, -0.15) is 0 Å². The molecule has 0 aliphatic carbocycles. The molecule has 0 saturated carbocycles. The number of nitrogens with one attached hydrogen (secondary N) is 2. The smallest absolute Gasteiger partial charge is 0.352 e. The molecule has 2 amide bonds. The summed E-state index contributed by atoms with van der Waals surface area (Å²) in [6.07, 6.45) is 3.03. The van der Waals surface area contributed by atoms with Crippen LogP contribution in [0.3, 0.4) is 0 Å². The second kappa shape index (κ2) is 11.1. The highest BCUT2D eigenvalue weighted by molar-refractivity contribution is 8.00. The summed E-state index contributed by atoms with van der Waals surface area (Å²) >= 11 is 2.72. The largest absolute Gasteiger partial charge is 0.477 e. The lowest BCUT2D eigenvalue weighted by atomic mass is 10.0. The fourth-order valence-electron chi connectivity index (χ4n) is 3.87. The van der Waals surface area contributed by atoms with Crippen LogP contribution < -0.4 is 10.0 Å². The third kappa shape index (κ3) is 5.77. The quantitative estimate of drug-likeness (QED) is 0.305. The molecule has 36 heavy (non-hydrogen) atoms. The zero-order valence-electron chi connectivity index (χ0n) is 19.3. The van der Waals surface area contributed by atoms with Gasteiger partial charge in [0.2, 0.25) is 15.9 Å². The second-order valence-electron chi connectivity index (χ2n) is 8.09. The van der Waals surface area contributed by atoms with Crippen molar-refractivity contribution >= 4 is 62.1 Å². The van der Waals surface area contributed by atoms with Crippen molar-refractivity contribution in [2.75, 3.05) is 23.8 Å². The van der Waals surface area contributed by atoms with Crippen molar-refractivity contribution in [1.82, 2.24) is 14.9 Å². The Hall–Kier alpha value is -2.80. The fourth-order valence-corrected chi connectivity index (χ4v) is 6.50. The van der Waals surface area contributed by atoms with Crippen LogP contribution in [-0.2, 0) is 24.4 Å². The lowest BCUT2D eigenvalue weighted by Gasteiger charge is -2.49. The van der Waals surface area contributed by atoms with Gasteiger partial charge in [0.25, 0.3) is 5.91 Å². The molecule has 2 aromatic carbocycles. The molecular formula is C24H25N3O6S3. The van der Waals surface area contributed by atoms with Crippen LogP contribution in [0.25, 0.3) is 10.8 Å². The Bertz CT molecular complexity index is 1370. The number of carbonyl (C=O) groups excluding carboxylic acids is 2. The molecule has 4 rings (SSSR count). The van der Waals surface area contributed by atoms with E-state index in [0.29, 0.717) is 11.3 Å². The monoisotopic (exact) mass is 547 g/mol. The molecule has 0 unspecified atom stereocenters. The van der Waals surface area contributed by atoms with Crippen molar-refractivity contribution < 1.29 is 27.9 Å². The van der Waals surface area contributed by atoms with E-state index in [9.17, 15) is 27.9 Å². The molecule has 190 valence electrons. The molecule has 0 spiro atoms. The van der Waals surface area contributed by atoms with Crippen molar-refractivity contribution in [1.29, 1.82) is 0 Å². The molecule has 3 N–H and O–H groups in total. The van der Waals surface area contributed by atoms with E-state index in [-0.39, 0.29) is 29.7 Å². The Morgan fingerprint density at radius 1 is 1.22 bits per heavy atom. The number of benzene rings is 2. The highest BCUT2D eigenvalue weighted by Gasteiger charge is 2.53. The third-order valence-electron chi connectivity index (χ3n) is 5.73. The van der Waals surface area contributed by atoms with E-state index in [1.807, 2.05) is 42.5 Å². The number of allylic oxidation sites excluding steroid dienone is 1. The zero-order valence-corrected chi connectivity index (χ0v) is 21.8. The van der Waals surface area contributed by atoms with Crippen LogP contribution in [0.2, 0.25) is 0 Å². The molecule has 1 saturated heterocycles. The Labute approximate surface area is 217 Å². The maximum atomic E-state index is 12.8. The highest BCUT2D eigenvalue weighted by Crippen LogP contribution is 2.40. The second-order valence-corrected chi connectivity index (χ2v) is 12.3. The number of carboxylic acids is 1. The minimum Gasteiger partial charge on any atom is -0.477 e. The van der Waals surface area contributed by atoms with Crippen LogP contribution in [-0.4, -0.2) is 71.4 Å². The van der Waals surface area contributed by atoms with Gasteiger partial charge in [-0.15, -0.1) is 23.5 Å². The Morgan fingerprint density at radius 3 is 2.69 bits per heavy atom. The van der Waals surface area contributed by atoms with Crippen molar-refractivity contribution in [2.45, 2.75) is 23.2 Å². The van der Waals surface area contributed by atoms with Crippen LogP contribution in [0.5, 0.6) is 0 Å². The van der Waals surface area contributed by atoms with E-state index in [0.717, 1.165) is 15.7 Å². The van der Waals surface area contributed by atoms with E-state index < -0.39 is 33.3 Å². The van der Waals surface area contributed by atoms with Crippen molar-refractivity contribution in [3.63, 3.8) is 0 Å². The number of β-lactam (4-membered cyclic amide) rings is 1. The van der Waals surface area contributed by atoms with E-state index >= 15 is 0 Å². The SMILES string of the molecule is CCS(=O)(=O)NC/C=C/C1=C(C(=O)O)N2C(=O)[C@@H](NC(=O)CSc3ccc4ccccc4c3)[C@H]2SC1. The summed E-state index contributed by atoms with van der Waals surface area (Å²) in [6.45, 7) is 1.53. The number of fused-ring (bicyclic) bond motifs is 2. The molecule has 0 aromatic heterocycles. The molecule has 1 fully saturated rings. The summed E-state index contributed by atoms with van der Waals surface area (Å²) in [7, 11) is -3.37. The first kappa shape index (κ1) is 26.3. The van der Waals surface area contributed by atoms with E-state index in [4.69, 9.17) is 0 Å². The normalized spacial score (nSPS) is 19.9. The Kier molecular flexibility index (Phi) is 8.08. The van der Waals surface area contributed by atoms with E-state index in [1.165, 1.54) is 47.5 Å². The van der Waals surface area contributed by atoms with E-state index in [2.05, 4.69) is 10.0 Å². The topological polar surface area (TPSA) is 133 Å². The lowest BCUT2D eigenvalue weighted by Crippen LogP contribution is -2.70. The number of hydrogen-bond donors (Lipinski definition) is 3. The minimum atomic E-state index is -3.37. The molecule has 2 aliphatic heterocycles. The number of hydrogen-bond acceptors (Lipinski definition) is 7. The zero-order chi connectivity index (χ0) is 25.9. The van der Waals surface area contributed by atoms with Crippen LogP contribution in [0.4, 0.5) is 0 Å². The summed E-state index contributed by atoms with van der Waals surface area (Å²) in [5.74, 6) is -1.65. The number of rotatable bonds is 10. The Morgan fingerprint density at radius 2 is 1.97 bits per heavy atom. The summed E-state index contributed by atoms with van der Waals surface area (Å²) in [6, 6.07) is 13.1. The van der Waals surface area contributed by atoms with Crippen LogP contribution in [0, 0.1) is 0 Å². The molecule has 0 radical (unpaired) electrons. The average molecular weight is 548 g/mol. The van der Waals surface area contributed by atoms with Gasteiger partial charge in [-0.3, -0.25) is 14.5 Å². The van der Waals surface area contributed by atoms with Crippen molar-refractivity contribution in [3.8, 4) is 0 Å². The van der Waals surface area contributed by atoms with Crippen molar-refractivity contribution in [2.24, 2.45) is 0 Å². The molecule has 12 heteroatoms. The summed E-state index contributed by atoms with van der Waals surface area (Å²) in [5, 5.41) is 14.2. The van der Waals surface area contributed by atoms with Gasteiger partial charge in [0, 0.05) is 17.2 Å². The number of nitrogens with zero attached hydrogens (tertiary/aromatic N) is 1. The van der Waals surface area contributed by atoms with Gasteiger partial charge in [0.05, 0.1) is 11.5 Å².